The molecule has 1 amide bonds. The van der Waals surface area contributed by atoms with E-state index < -0.39 is 0 Å². The van der Waals surface area contributed by atoms with E-state index in [-0.39, 0.29) is 5.91 Å². The lowest BCUT2D eigenvalue weighted by atomic mass is 10.1. The van der Waals surface area contributed by atoms with Crippen molar-refractivity contribution in [3.8, 4) is 0 Å². The molecule has 3 nitrogen and oxygen atoms in total. The van der Waals surface area contributed by atoms with Crippen molar-refractivity contribution in [3.63, 3.8) is 0 Å². The van der Waals surface area contributed by atoms with Crippen LogP contribution in [-0.2, 0) is 0 Å². The number of nitrogens with one attached hydrogen (secondary N) is 1. The second-order valence-electron chi connectivity index (χ2n) is 4.24. The summed E-state index contributed by atoms with van der Waals surface area (Å²) in [5, 5.41) is 3.24. The molecule has 0 spiro atoms. The highest BCUT2D eigenvalue weighted by Crippen LogP contribution is 2.19. The number of halogens is 2. The lowest BCUT2D eigenvalue weighted by molar-refractivity contribution is 0.102. The van der Waals surface area contributed by atoms with Crippen LogP contribution in [0.1, 0.15) is 21.6 Å². The van der Waals surface area contributed by atoms with E-state index in [0.29, 0.717) is 22.1 Å². The van der Waals surface area contributed by atoms with Crippen molar-refractivity contribution in [1.82, 2.24) is 4.98 Å². The summed E-state index contributed by atoms with van der Waals surface area (Å²) in [5.74, 6) is -0.170. The highest BCUT2D eigenvalue weighted by molar-refractivity contribution is 9.10. The Bertz CT molecular complexity index is 623. The Kier molecular flexibility index (Phi) is 4.22. The number of carbonyl (C=O) groups excluding carboxylic acids is 1. The van der Waals surface area contributed by atoms with Gasteiger partial charge in [0, 0.05) is 10.0 Å². The molecule has 0 unspecified atom stereocenters. The van der Waals surface area contributed by atoms with Gasteiger partial charge in [-0.25, -0.2) is 4.98 Å². The van der Waals surface area contributed by atoms with Crippen LogP contribution < -0.4 is 5.32 Å². The number of aromatic nitrogens is 1. The zero-order valence-corrected chi connectivity index (χ0v) is 12.8. The first-order chi connectivity index (χ1) is 8.95. The van der Waals surface area contributed by atoms with Crippen LogP contribution >= 0.6 is 27.5 Å². The van der Waals surface area contributed by atoms with Crippen LogP contribution in [-0.4, -0.2) is 10.9 Å². The molecule has 0 bridgehead atoms. The van der Waals surface area contributed by atoms with Crippen molar-refractivity contribution in [3.05, 3.63) is 56.8 Å². The largest absolute Gasteiger partial charge is 0.320 e. The molecule has 0 fully saturated rings. The van der Waals surface area contributed by atoms with Crippen LogP contribution in [0.15, 0.2) is 34.8 Å². The Hall–Kier alpha value is -1.39. The van der Waals surface area contributed by atoms with Crippen molar-refractivity contribution in [1.29, 1.82) is 0 Å². The summed E-state index contributed by atoms with van der Waals surface area (Å²) in [4.78, 5) is 16.3. The highest BCUT2D eigenvalue weighted by atomic mass is 79.9. The number of benzene rings is 1. The molecule has 0 radical (unpaired) electrons. The summed E-state index contributed by atoms with van der Waals surface area (Å²) in [5.41, 5.74) is 2.96. The van der Waals surface area contributed by atoms with Gasteiger partial charge in [0.15, 0.2) is 0 Å². The van der Waals surface area contributed by atoms with E-state index in [1.165, 1.54) is 0 Å². The van der Waals surface area contributed by atoms with E-state index in [1.54, 1.807) is 25.1 Å². The van der Waals surface area contributed by atoms with Gasteiger partial charge in [-0.05, 0) is 49.7 Å². The molecule has 0 aliphatic heterocycles. The first kappa shape index (κ1) is 14.0. The fraction of sp³-hybridized carbons (Fsp3) is 0.143. The fourth-order valence-corrected chi connectivity index (χ4v) is 2.52. The predicted molar refractivity (Wildman–Crippen MR) is 80.8 cm³/mol. The maximum atomic E-state index is 12.2. The van der Waals surface area contributed by atoms with Gasteiger partial charge in [-0.3, -0.25) is 4.79 Å². The normalized spacial score (nSPS) is 10.3. The van der Waals surface area contributed by atoms with E-state index in [4.69, 9.17) is 11.6 Å². The molecule has 2 aromatic rings. The Morgan fingerprint density at radius 1 is 1.26 bits per heavy atom. The van der Waals surface area contributed by atoms with E-state index >= 15 is 0 Å². The first-order valence-corrected chi connectivity index (χ1v) is 6.84. The van der Waals surface area contributed by atoms with Gasteiger partial charge in [0.1, 0.15) is 5.15 Å². The Labute approximate surface area is 125 Å². The van der Waals surface area contributed by atoms with Crippen LogP contribution in [0, 0.1) is 13.8 Å². The third kappa shape index (κ3) is 3.55. The van der Waals surface area contributed by atoms with Crippen LogP contribution in [0.2, 0.25) is 5.15 Å². The predicted octanol–water partition coefficient (Wildman–Crippen LogP) is 4.37. The van der Waals surface area contributed by atoms with Crippen LogP contribution in [0.25, 0.3) is 0 Å². The molecule has 0 aliphatic rings. The lowest BCUT2D eigenvalue weighted by Crippen LogP contribution is -2.13. The van der Waals surface area contributed by atoms with E-state index in [2.05, 4.69) is 26.2 Å². The molecule has 0 aliphatic carbocycles. The van der Waals surface area contributed by atoms with Crippen molar-refractivity contribution in [2.24, 2.45) is 0 Å². The molecule has 19 heavy (non-hydrogen) atoms. The second kappa shape index (κ2) is 5.72. The molecule has 0 atom stereocenters. The van der Waals surface area contributed by atoms with Crippen LogP contribution in [0.3, 0.4) is 0 Å². The first-order valence-electron chi connectivity index (χ1n) is 5.67. The summed E-state index contributed by atoms with van der Waals surface area (Å²) in [7, 11) is 0. The lowest BCUT2D eigenvalue weighted by Gasteiger charge is -2.09. The SMILES string of the molecule is Cc1cc(Br)cc(C(=O)Nc2ccc(Cl)nc2C)c1. The smallest absolute Gasteiger partial charge is 0.255 e. The number of rotatable bonds is 2. The molecule has 1 aromatic heterocycles. The topological polar surface area (TPSA) is 42.0 Å². The van der Waals surface area contributed by atoms with Gasteiger partial charge < -0.3 is 5.32 Å². The zero-order valence-electron chi connectivity index (χ0n) is 10.5. The van der Waals surface area contributed by atoms with Gasteiger partial charge in [-0.1, -0.05) is 27.5 Å². The summed E-state index contributed by atoms with van der Waals surface area (Å²) < 4.78 is 0.878. The molecule has 2 rings (SSSR count). The molecular weight excluding hydrogens is 328 g/mol. The molecule has 5 heteroatoms. The minimum absolute atomic E-state index is 0.170. The van der Waals surface area contributed by atoms with Crippen molar-refractivity contribution in [2.45, 2.75) is 13.8 Å². The Morgan fingerprint density at radius 3 is 2.63 bits per heavy atom. The fourth-order valence-electron chi connectivity index (χ4n) is 1.72. The van der Waals surface area contributed by atoms with Gasteiger partial charge in [0.25, 0.3) is 5.91 Å². The molecule has 98 valence electrons. The minimum Gasteiger partial charge on any atom is -0.320 e. The third-order valence-corrected chi connectivity index (χ3v) is 3.27. The van der Waals surface area contributed by atoms with Crippen molar-refractivity contribution in [2.75, 3.05) is 5.32 Å². The number of aryl methyl sites for hydroxylation is 2. The third-order valence-electron chi connectivity index (χ3n) is 2.60. The molecule has 1 aromatic carbocycles. The minimum atomic E-state index is -0.170. The van der Waals surface area contributed by atoms with Gasteiger partial charge >= 0.3 is 0 Å². The second-order valence-corrected chi connectivity index (χ2v) is 5.54. The maximum Gasteiger partial charge on any atom is 0.255 e. The van der Waals surface area contributed by atoms with Gasteiger partial charge in [-0.15, -0.1) is 0 Å². The van der Waals surface area contributed by atoms with Gasteiger partial charge in [0.2, 0.25) is 0 Å². The highest BCUT2D eigenvalue weighted by Gasteiger charge is 2.09. The maximum absolute atomic E-state index is 12.2. The summed E-state index contributed by atoms with van der Waals surface area (Å²) >= 11 is 9.16. The number of nitrogens with zero attached hydrogens (tertiary/aromatic N) is 1. The van der Waals surface area contributed by atoms with Crippen molar-refractivity contribution < 1.29 is 4.79 Å². The number of hydrogen-bond acceptors (Lipinski definition) is 2. The Balaban J connectivity index is 2.25. The van der Waals surface area contributed by atoms with E-state index in [0.717, 1.165) is 10.0 Å². The molecule has 0 saturated carbocycles. The van der Waals surface area contributed by atoms with E-state index in [9.17, 15) is 4.79 Å². The summed E-state index contributed by atoms with van der Waals surface area (Å²) in [6.45, 7) is 3.74. The van der Waals surface area contributed by atoms with Crippen molar-refractivity contribution >= 4 is 39.1 Å². The van der Waals surface area contributed by atoms with Gasteiger partial charge in [-0.2, -0.15) is 0 Å². The number of pyridine rings is 1. The van der Waals surface area contributed by atoms with Crippen LogP contribution in [0.5, 0.6) is 0 Å². The number of anilines is 1. The number of amides is 1. The van der Waals surface area contributed by atoms with Crippen LogP contribution in [0.4, 0.5) is 5.69 Å². The van der Waals surface area contributed by atoms with Gasteiger partial charge in [0.05, 0.1) is 11.4 Å². The number of hydrogen-bond donors (Lipinski definition) is 1. The average Bonchev–Trinajstić information content (AvgIpc) is 2.31. The monoisotopic (exact) mass is 338 g/mol. The quantitative estimate of drug-likeness (QED) is 0.826. The summed E-state index contributed by atoms with van der Waals surface area (Å²) in [6, 6.07) is 8.95. The average molecular weight is 340 g/mol. The molecule has 0 saturated heterocycles. The number of carbonyl (C=O) groups is 1. The summed E-state index contributed by atoms with van der Waals surface area (Å²) in [6.07, 6.45) is 0. The Morgan fingerprint density at radius 2 is 2.00 bits per heavy atom. The molecular formula is C14H12BrClN2O. The van der Waals surface area contributed by atoms with E-state index in [1.807, 2.05) is 19.1 Å². The standard InChI is InChI=1S/C14H12BrClN2O/c1-8-5-10(7-11(15)6-8)14(19)18-12-3-4-13(16)17-9(12)2/h3-7H,1-2H3,(H,18,19). The molecule has 1 heterocycles. The zero-order chi connectivity index (χ0) is 14.0. The molecule has 1 N–H and O–H groups in total.